The van der Waals surface area contributed by atoms with E-state index in [1.54, 1.807) is 7.11 Å². The van der Waals surface area contributed by atoms with Crippen molar-refractivity contribution in [3.05, 3.63) is 97.5 Å². The molecule has 220 valence electrons. The average Bonchev–Trinajstić information content (AvgIpc) is 3.79. The fraction of sp³-hybridized carbons (Fsp3) is 0.424. The van der Waals surface area contributed by atoms with Crippen LogP contribution in [0.15, 0.2) is 54.6 Å². The largest absolute Gasteiger partial charge is 0.490 e. The molecule has 1 fully saturated rings. The van der Waals surface area contributed by atoms with Crippen LogP contribution in [0.2, 0.25) is 15.1 Å². The third-order valence-electron chi connectivity index (χ3n) is 7.45. The van der Waals surface area contributed by atoms with E-state index >= 15 is 0 Å². The number of ether oxygens (including phenoxy) is 2. The highest BCUT2D eigenvalue weighted by molar-refractivity contribution is 6.37. The minimum absolute atomic E-state index is 0.0974. The molecule has 0 radical (unpaired) electrons. The highest BCUT2D eigenvalue weighted by atomic mass is 35.5. The number of nitrogens with two attached hydrogens (primary N) is 1. The molecule has 0 aliphatic heterocycles. The van der Waals surface area contributed by atoms with E-state index in [0.717, 1.165) is 54.5 Å². The number of benzene rings is 3. The number of amides is 1. The number of hydrogen-bond donors (Lipinski definition) is 1. The summed E-state index contributed by atoms with van der Waals surface area (Å²) in [6, 6.07) is 18.3. The summed E-state index contributed by atoms with van der Waals surface area (Å²) in [5.74, 6) is 0.318. The van der Waals surface area contributed by atoms with E-state index in [-0.39, 0.29) is 17.9 Å². The van der Waals surface area contributed by atoms with Crippen LogP contribution in [0.4, 0.5) is 0 Å². The van der Waals surface area contributed by atoms with Crippen molar-refractivity contribution < 1.29 is 14.3 Å². The van der Waals surface area contributed by atoms with Crippen molar-refractivity contribution in [2.24, 2.45) is 11.7 Å². The SMILES string of the molecule is COCCCc1ccc(Cl)c(CN(C(=O)C(CN)Cc2ccc(CCOc3c(Cl)cc(C)cc3Cl)cc2)C2CC2)c1. The van der Waals surface area contributed by atoms with E-state index in [0.29, 0.717) is 53.4 Å². The second-order valence-electron chi connectivity index (χ2n) is 10.8. The zero-order valence-corrected chi connectivity index (χ0v) is 26.1. The number of hydrogen-bond acceptors (Lipinski definition) is 4. The fourth-order valence-corrected chi connectivity index (χ4v) is 5.89. The van der Waals surface area contributed by atoms with Gasteiger partial charge in [0.1, 0.15) is 0 Å². The van der Waals surface area contributed by atoms with E-state index in [2.05, 4.69) is 36.4 Å². The lowest BCUT2D eigenvalue weighted by Gasteiger charge is -2.28. The molecule has 0 spiro atoms. The van der Waals surface area contributed by atoms with Gasteiger partial charge in [-0.05, 0) is 85.0 Å². The Morgan fingerprint density at radius 1 is 0.927 bits per heavy atom. The van der Waals surface area contributed by atoms with E-state index in [1.165, 1.54) is 5.56 Å². The number of carbonyl (C=O) groups is 1. The molecule has 0 heterocycles. The van der Waals surface area contributed by atoms with Gasteiger partial charge in [-0.1, -0.05) is 71.2 Å². The lowest BCUT2D eigenvalue weighted by molar-refractivity contribution is -0.136. The first kappa shape index (κ1) is 31.7. The molecule has 0 bridgehead atoms. The van der Waals surface area contributed by atoms with Crippen molar-refractivity contribution in [3.63, 3.8) is 0 Å². The third kappa shape index (κ3) is 9.10. The van der Waals surface area contributed by atoms with Crippen molar-refractivity contribution >= 4 is 40.7 Å². The van der Waals surface area contributed by atoms with Crippen molar-refractivity contribution in [2.75, 3.05) is 26.9 Å². The summed E-state index contributed by atoms with van der Waals surface area (Å²) in [7, 11) is 1.71. The van der Waals surface area contributed by atoms with Gasteiger partial charge in [-0.25, -0.2) is 0 Å². The monoisotopic (exact) mass is 616 g/mol. The maximum atomic E-state index is 13.7. The van der Waals surface area contributed by atoms with Gasteiger partial charge in [-0.3, -0.25) is 4.79 Å². The van der Waals surface area contributed by atoms with Crippen LogP contribution in [-0.4, -0.2) is 43.7 Å². The van der Waals surface area contributed by atoms with Gasteiger partial charge < -0.3 is 20.1 Å². The van der Waals surface area contributed by atoms with Crippen LogP contribution in [-0.2, 0) is 35.3 Å². The molecule has 1 aliphatic rings. The minimum Gasteiger partial charge on any atom is -0.490 e. The maximum Gasteiger partial charge on any atom is 0.227 e. The molecule has 5 nitrogen and oxygen atoms in total. The first-order chi connectivity index (χ1) is 19.8. The fourth-order valence-electron chi connectivity index (χ4n) is 5.01. The maximum absolute atomic E-state index is 13.7. The quantitative estimate of drug-likeness (QED) is 0.180. The Hall–Kier alpha value is -2.28. The Bertz CT molecular complexity index is 1290. The number of aryl methyl sites for hydroxylation is 2. The highest BCUT2D eigenvalue weighted by Crippen LogP contribution is 2.34. The van der Waals surface area contributed by atoms with Crippen LogP contribution < -0.4 is 10.5 Å². The Morgan fingerprint density at radius 2 is 1.59 bits per heavy atom. The normalized spacial score (nSPS) is 13.7. The van der Waals surface area contributed by atoms with E-state index < -0.39 is 0 Å². The third-order valence-corrected chi connectivity index (χ3v) is 8.38. The molecule has 0 aromatic heterocycles. The summed E-state index contributed by atoms with van der Waals surface area (Å²) in [4.78, 5) is 15.7. The molecule has 1 aliphatic carbocycles. The van der Waals surface area contributed by atoms with Gasteiger partial charge in [0.15, 0.2) is 5.75 Å². The molecule has 3 aromatic carbocycles. The lowest BCUT2D eigenvalue weighted by Crippen LogP contribution is -2.41. The minimum atomic E-state index is -0.292. The van der Waals surface area contributed by atoms with Crippen LogP contribution in [0.5, 0.6) is 5.75 Å². The Labute approximate surface area is 258 Å². The van der Waals surface area contributed by atoms with Gasteiger partial charge in [0.25, 0.3) is 0 Å². The van der Waals surface area contributed by atoms with Gasteiger partial charge in [0.2, 0.25) is 5.91 Å². The first-order valence-corrected chi connectivity index (χ1v) is 15.4. The molecule has 8 heteroatoms. The molecule has 4 rings (SSSR count). The zero-order valence-electron chi connectivity index (χ0n) is 23.8. The molecule has 3 aromatic rings. The van der Waals surface area contributed by atoms with Gasteiger partial charge in [-0.2, -0.15) is 0 Å². The summed E-state index contributed by atoms with van der Waals surface area (Å²) >= 11 is 19.2. The topological polar surface area (TPSA) is 64.8 Å². The number of methoxy groups -OCH3 is 1. The van der Waals surface area contributed by atoms with Crippen molar-refractivity contribution in [3.8, 4) is 5.75 Å². The van der Waals surface area contributed by atoms with Crippen LogP contribution in [0, 0.1) is 12.8 Å². The molecule has 41 heavy (non-hydrogen) atoms. The summed E-state index contributed by atoms with van der Waals surface area (Å²) in [6.45, 7) is 3.91. The molecule has 1 saturated carbocycles. The van der Waals surface area contributed by atoms with Crippen LogP contribution in [0.25, 0.3) is 0 Å². The van der Waals surface area contributed by atoms with Crippen molar-refractivity contribution in [2.45, 2.75) is 58.0 Å². The number of carbonyl (C=O) groups excluding carboxylic acids is 1. The summed E-state index contributed by atoms with van der Waals surface area (Å²) in [5.41, 5.74) is 11.5. The predicted octanol–water partition coefficient (Wildman–Crippen LogP) is 7.46. The molecule has 0 saturated heterocycles. The van der Waals surface area contributed by atoms with Crippen molar-refractivity contribution in [1.82, 2.24) is 4.90 Å². The number of nitrogens with zero attached hydrogens (tertiary/aromatic N) is 1. The first-order valence-electron chi connectivity index (χ1n) is 14.2. The number of rotatable bonds is 15. The second kappa shape index (κ2) is 15.3. The highest BCUT2D eigenvalue weighted by Gasteiger charge is 2.35. The van der Waals surface area contributed by atoms with Crippen LogP contribution in [0.3, 0.4) is 0 Å². The van der Waals surface area contributed by atoms with E-state index in [9.17, 15) is 4.79 Å². The Kier molecular flexibility index (Phi) is 11.8. The van der Waals surface area contributed by atoms with Gasteiger partial charge in [0, 0.05) is 44.3 Å². The predicted molar refractivity (Wildman–Crippen MR) is 168 cm³/mol. The van der Waals surface area contributed by atoms with Gasteiger partial charge >= 0.3 is 0 Å². The van der Waals surface area contributed by atoms with Gasteiger partial charge in [0.05, 0.1) is 22.6 Å². The summed E-state index contributed by atoms with van der Waals surface area (Å²) in [5, 5.41) is 1.72. The Morgan fingerprint density at radius 3 is 2.22 bits per heavy atom. The molecule has 1 amide bonds. The van der Waals surface area contributed by atoms with Crippen LogP contribution in [0.1, 0.15) is 47.1 Å². The summed E-state index contributed by atoms with van der Waals surface area (Å²) < 4.78 is 11.1. The molecular weight excluding hydrogens is 579 g/mol. The summed E-state index contributed by atoms with van der Waals surface area (Å²) in [6.07, 6.45) is 5.19. The molecule has 1 atom stereocenters. The molecular formula is C33H39Cl3N2O3. The van der Waals surface area contributed by atoms with E-state index in [1.807, 2.05) is 30.0 Å². The van der Waals surface area contributed by atoms with E-state index in [4.69, 9.17) is 50.0 Å². The second-order valence-corrected chi connectivity index (χ2v) is 12.1. The van der Waals surface area contributed by atoms with Gasteiger partial charge in [-0.15, -0.1) is 0 Å². The Balaban J connectivity index is 1.35. The lowest BCUT2D eigenvalue weighted by atomic mass is 9.96. The zero-order chi connectivity index (χ0) is 29.4. The number of halogens is 3. The molecule has 2 N–H and O–H groups in total. The molecule has 1 unspecified atom stereocenters. The smallest absolute Gasteiger partial charge is 0.227 e. The average molecular weight is 618 g/mol. The van der Waals surface area contributed by atoms with Crippen LogP contribution >= 0.6 is 34.8 Å². The van der Waals surface area contributed by atoms with Crippen molar-refractivity contribution in [1.29, 1.82) is 0 Å². The standard InChI is InChI=1S/C33H39Cl3N2O3/c1-22-16-30(35)32(31(36)17-22)41-15-13-23-5-7-25(8-6-23)18-26(20-37)33(39)38(28-10-11-28)21-27-19-24(4-3-14-40-2)9-12-29(27)34/h5-9,12,16-17,19,26,28H,3-4,10-11,13-15,18,20-21,37H2,1-2H3.